The minimum atomic E-state index is -0.766. The van der Waals surface area contributed by atoms with E-state index in [-0.39, 0.29) is 23.8 Å². The van der Waals surface area contributed by atoms with Gasteiger partial charge in [-0.1, -0.05) is 0 Å². The van der Waals surface area contributed by atoms with Crippen LogP contribution in [0, 0.1) is 11.8 Å². The van der Waals surface area contributed by atoms with Gasteiger partial charge in [-0.15, -0.1) is 0 Å². The van der Waals surface area contributed by atoms with Gasteiger partial charge in [-0.3, -0.25) is 9.59 Å². The zero-order chi connectivity index (χ0) is 13.1. The summed E-state index contributed by atoms with van der Waals surface area (Å²) >= 11 is 0. The molecule has 0 spiro atoms. The van der Waals surface area contributed by atoms with Crippen LogP contribution in [-0.2, 0) is 14.3 Å². The number of amides is 1. The Labute approximate surface area is 107 Å². The molecule has 2 fully saturated rings. The quantitative estimate of drug-likeness (QED) is 0.803. The summed E-state index contributed by atoms with van der Waals surface area (Å²) in [5.74, 6) is -1.08. The van der Waals surface area contributed by atoms with Gasteiger partial charge < -0.3 is 14.7 Å². The van der Waals surface area contributed by atoms with Crippen molar-refractivity contribution in [3.8, 4) is 0 Å². The normalized spacial score (nSPS) is 33.2. The second kappa shape index (κ2) is 5.69. The van der Waals surface area contributed by atoms with Crippen molar-refractivity contribution in [2.75, 3.05) is 19.7 Å². The van der Waals surface area contributed by atoms with Gasteiger partial charge in [0.05, 0.1) is 12.0 Å². The minimum Gasteiger partial charge on any atom is -0.481 e. The van der Waals surface area contributed by atoms with E-state index >= 15 is 0 Å². The van der Waals surface area contributed by atoms with Crippen LogP contribution >= 0.6 is 0 Å². The molecule has 2 aliphatic rings. The van der Waals surface area contributed by atoms with Gasteiger partial charge in [-0.2, -0.15) is 0 Å². The molecule has 5 heteroatoms. The van der Waals surface area contributed by atoms with Crippen molar-refractivity contribution in [3.63, 3.8) is 0 Å². The summed E-state index contributed by atoms with van der Waals surface area (Å²) in [5, 5.41) is 8.97. The van der Waals surface area contributed by atoms with Crippen molar-refractivity contribution in [1.82, 2.24) is 4.90 Å². The molecule has 3 atom stereocenters. The fraction of sp³-hybridized carbons (Fsp3) is 0.846. The molecule has 1 heterocycles. The Morgan fingerprint density at radius 3 is 2.67 bits per heavy atom. The topological polar surface area (TPSA) is 66.8 Å². The highest BCUT2D eigenvalue weighted by atomic mass is 16.5. The molecule has 0 radical (unpaired) electrons. The molecule has 5 nitrogen and oxygen atoms in total. The average molecular weight is 255 g/mol. The smallest absolute Gasteiger partial charge is 0.306 e. The van der Waals surface area contributed by atoms with Crippen LogP contribution < -0.4 is 0 Å². The van der Waals surface area contributed by atoms with Crippen molar-refractivity contribution in [2.24, 2.45) is 11.8 Å². The third kappa shape index (κ3) is 3.02. The number of ether oxygens (including phenoxy) is 1. The predicted octanol–water partition coefficient (Wildman–Crippen LogP) is 1.12. The van der Waals surface area contributed by atoms with Gasteiger partial charge in [0.25, 0.3) is 0 Å². The summed E-state index contributed by atoms with van der Waals surface area (Å²) in [6.07, 6.45) is 2.78. The molecule has 3 unspecified atom stereocenters. The van der Waals surface area contributed by atoms with E-state index in [1.54, 1.807) is 0 Å². The SMILES string of the molecule is CC1CN(C(=O)C2CCC(C(=O)O)C2)CCCO1. The first-order valence-corrected chi connectivity index (χ1v) is 6.71. The number of hydrogen-bond acceptors (Lipinski definition) is 3. The summed E-state index contributed by atoms with van der Waals surface area (Å²) < 4.78 is 5.52. The maximum atomic E-state index is 12.3. The Morgan fingerprint density at radius 1 is 1.28 bits per heavy atom. The van der Waals surface area contributed by atoms with Crippen LogP contribution in [0.25, 0.3) is 0 Å². The standard InChI is InChI=1S/C13H21NO4/c1-9-8-14(5-2-6-18-9)12(15)10-3-4-11(7-10)13(16)17/h9-11H,2-8H2,1H3,(H,16,17). The van der Waals surface area contributed by atoms with E-state index in [9.17, 15) is 9.59 Å². The highest BCUT2D eigenvalue weighted by Crippen LogP contribution is 2.32. The lowest BCUT2D eigenvalue weighted by Gasteiger charge is -2.25. The van der Waals surface area contributed by atoms with E-state index < -0.39 is 5.97 Å². The van der Waals surface area contributed by atoms with Crippen LogP contribution in [0.15, 0.2) is 0 Å². The number of carboxylic acids is 1. The number of aliphatic carboxylic acids is 1. The summed E-state index contributed by atoms with van der Waals surface area (Å²) in [6.45, 7) is 4.04. The van der Waals surface area contributed by atoms with Crippen LogP contribution in [0.1, 0.15) is 32.6 Å². The first-order chi connectivity index (χ1) is 8.58. The largest absolute Gasteiger partial charge is 0.481 e. The summed E-state index contributed by atoms with van der Waals surface area (Å²) in [5.41, 5.74) is 0. The predicted molar refractivity (Wildman–Crippen MR) is 65.1 cm³/mol. The fourth-order valence-corrected chi connectivity index (χ4v) is 2.88. The minimum absolute atomic E-state index is 0.0770. The maximum absolute atomic E-state index is 12.3. The van der Waals surface area contributed by atoms with Gasteiger partial charge in [0.2, 0.25) is 5.91 Å². The van der Waals surface area contributed by atoms with E-state index in [2.05, 4.69) is 0 Å². The Kier molecular flexibility index (Phi) is 4.22. The van der Waals surface area contributed by atoms with Crippen LogP contribution in [-0.4, -0.2) is 47.7 Å². The molecule has 1 aliphatic carbocycles. The number of hydrogen-bond donors (Lipinski definition) is 1. The average Bonchev–Trinajstić information content (AvgIpc) is 2.72. The van der Waals surface area contributed by atoms with Crippen LogP contribution in [0.3, 0.4) is 0 Å². The Hall–Kier alpha value is -1.10. The van der Waals surface area contributed by atoms with Crippen LogP contribution in [0.4, 0.5) is 0 Å². The van der Waals surface area contributed by atoms with E-state index in [0.717, 1.165) is 13.0 Å². The first-order valence-electron chi connectivity index (χ1n) is 6.71. The van der Waals surface area contributed by atoms with Crippen molar-refractivity contribution in [1.29, 1.82) is 0 Å². The first kappa shape index (κ1) is 13.3. The number of rotatable bonds is 2. The fourth-order valence-electron chi connectivity index (χ4n) is 2.88. The highest BCUT2D eigenvalue weighted by molar-refractivity contribution is 5.81. The Bertz CT molecular complexity index is 331. The summed E-state index contributed by atoms with van der Waals surface area (Å²) in [7, 11) is 0. The Balaban J connectivity index is 1.92. The van der Waals surface area contributed by atoms with Crippen LogP contribution in [0.2, 0.25) is 0 Å². The lowest BCUT2D eigenvalue weighted by Crippen LogP contribution is -2.39. The second-order valence-corrected chi connectivity index (χ2v) is 5.36. The molecule has 2 rings (SSSR count). The molecular formula is C13H21NO4. The molecule has 1 aliphatic heterocycles. The van der Waals surface area contributed by atoms with Crippen molar-refractivity contribution in [2.45, 2.75) is 38.7 Å². The molecule has 1 saturated carbocycles. The zero-order valence-corrected chi connectivity index (χ0v) is 10.8. The van der Waals surface area contributed by atoms with Crippen molar-refractivity contribution >= 4 is 11.9 Å². The molecule has 1 amide bonds. The number of carbonyl (C=O) groups excluding carboxylic acids is 1. The number of nitrogens with zero attached hydrogens (tertiary/aromatic N) is 1. The molecule has 0 aromatic rings. The number of carbonyl (C=O) groups is 2. The molecule has 18 heavy (non-hydrogen) atoms. The van der Waals surface area contributed by atoms with Gasteiger partial charge in [-0.25, -0.2) is 0 Å². The Morgan fingerprint density at radius 2 is 2.00 bits per heavy atom. The van der Waals surface area contributed by atoms with Gasteiger partial charge in [0, 0.05) is 25.6 Å². The lowest BCUT2D eigenvalue weighted by atomic mass is 10.0. The van der Waals surface area contributed by atoms with Crippen LogP contribution in [0.5, 0.6) is 0 Å². The molecule has 0 aromatic heterocycles. The summed E-state index contributed by atoms with van der Waals surface area (Å²) in [6, 6.07) is 0. The molecule has 1 saturated heterocycles. The molecule has 102 valence electrons. The van der Waals surface area contributed by atoms with E-state index in [1.165, 1.54) is 0 Å². The van der Waals surface area contributed by atoms with E-state index in [4.69, 9.17) is 9.84 Å². The third-order valence-electron chi connectivity index (χ3n) is 3.90. The highest BCUT2D eigenvalue weighted by Gasteiger charge is 2.36. The zero-order valence-electron chi connectivity index (χ0n) is 10.8. The summed E-state index contributed by atoms with van der Waals surface area (Å²) in [4.78, 5) is 25.1. The lowest BCUT2D eigenvalue weighted by molar-refractivity contribution is -0.141. The van der Waals surface area contributed by atoms with Crippen molar-refractivity contribution in [3.05, 3.63) is 0 Å². The molecular weight excluding hydrogens is 234 g/mol. The van der Waals surface area contributed by atoms with Crippen molar-refractivity contribution < 1.29 is 19.4 Å². The molecule has 1 N–H and O–H groups in total. The van der Waals surface area contributed by atoms with E-state index in [1.807, 2.05) is 11.8 Å². The maximum Gasteiger partial charge on any atom is 0.306 e. The third-order valence-corrected chi connectivity index (χ3v) is 3.90. The van der Waals surface area contributed by atoms with E-state index in [0.29, 0.717) is 32.4 Å². The molecule has 0 bridgehead atoms. The monoisotopic (exact) mass is 255 g/mol. The molecule has 0 aromatic carbocycles. The van der Waals surface area contributed by atoms with Gasteiger partial charge in [0.15, 0.2) is 0 Å². The number of carboxylic acid groups (broad SMARTS) is 1. The second-order valence-electron chi connectivity index (χ2n) is 5.36. The van der Waals surface area contributed by atoms with Gasteiger partial charge >= 0.3 is 5.97 Å². The van der Waals surface area contributed by atoms with Gasteiger partial charge in [0.1, 0.15) is 0 Å². The van der Waals surface area contributed by atoms with Gasteiger partial charge in [-0.05, 0) is 32.6 Å².